The molecule has 0 fully saturated rings. The average molecular weight is 379 g/mol. The van der Waals surface area contributed by atoms with Crippen LogP contribution in [0.5, 0.6) is 5.75 Å². The van der Waals surface area contributed by atoms with E-state index in [-0.39, 0.29) is 5.91 Å². The third-order valence-corrected chi connectivity index (χ3v) is 5.55. The lowest BCUT2D eigenvalue weighted by Gasteiger charge is -2.21. The Bertz CT molecular complexity index is 1080. The van der Waals surface area contributed by atoms with Crippen LogP contribution in [0.25, 0.3) is 5.65 Å². The molecule has 2 atom stereocenters. The fourth-order valence-electron chi connectivity index (χ4n) is 3.93. The maximum atomic E-state index is 12.6. The summed E-state index contributed by atoms with van der Waals surface area (Å²) in [6.07, 6.45) is 1.23. The Hall–Kier alpha value is -2.86. The molecule has 0 unspecified atom stereocenters. The summed E-state index contributed by atoms with van der Waals surface area (Å²) in [7, 11) is 3.44. The van der Waals surface area contributed by atoms with E-state index in [0.717, 1.165) is 28.1 Å². The highest BCUT2D eigenvalue weighted by Crippen LogP contribution is 2.38. The van der Waals surface area contributed by atoms with Crippen LogP contribution in [0.15, 0.2) is 30.5 Å². The molecule has 6 heteroatoms. The number of rotatable bonds is 3. The van der Waals surface area contributed by atoms with Crippen LogP contribution in [0.4, 0.5) is 0 Å². The summed E-state index contributed by atoms with van der Waals surface area (Å²) >= 11 is 0. The van der Waals surface area contributed by atoms with Gasteiger partial charge in [-0.3, -0.25) is 4.79 Å². The van der Waals surface area contributed by atoms with E-state index in [1.54, 1.807) is 26.4 Å². The maximum Gasteiger partial charge on any atom is 0.254 e. The Morgan fingerprint density at radius 3 is 2.75 bits per heavy atom. The molecule has 2 aromatic heterocycles. The number of nitrogens with zero attached hydrogens (tertiary/aromatic N) is 3. The van der Waals surface area contributed by atoms with E-state index >= 15 is 0 Å². The van der Waals surface area contributed by atoms with E-state index in [2.05, 4.69) is 4.98 Å². The first-order valence-corrected chi connectivity index (χ1v) is 9.42. The van der Waals surface area contributed by atoms with Gasteiger partial charge in [0.25, 0.3) is 5.91 Å². The number of aliphatic hydroxyl groups excluding tert-OH is 1. The third-order valence-electron chi connectivity index (χ3n) is 5.55. The molecule has 1 amide bonds. The van der Waals surface area contributed by atoms with Crippen LogP contribution < -0.4 is 4.74 Å². The maximum absolute atomic E-state index is 12.6. The first-order chi connectivity index (χ1) is 13.3. The number of imidazole rings is 1. The van der Waals surface area contributed by atoms with Gasteiger partial charge in [0.15, 0.2) is 17.5 Å². The fraction of sp³-hybridized carbons (Fsp3) is 0.364. The van der Waals surface area contributed by atoms with E-state index in [1.165, 1.54) is 4.90 Å². The van der Waals surface area contributed by atoms with E-state index in [0.29, 0.717) is 23.4 Å². The van der Waals surface area contributed by atoms with Crippen LogP contribution in [0, 0.1) is 20.8 Å². The number of benzene rings is 1. The SMILES string of the molecule is Cc1cccc2c1[C@@H](Oc1cc(C(=O)N(C)C)cn3c(C)c(C)nc13)[C@H](O)C2. The van der Waals surface area contributed by atoms with Gasteiger partial charge in [-0.1, -0.05) is 18.2 Å². The molecular formula is C22H25N3O3. The van der Waals surface area contributed by atoms with Crippen molar-refractivity contribution in [2.45, 2.75) is 39.4 Å². The Morgan fingerprint density at radius 2 is 2.04 bits per heavy atom. The van der Waals surface area contributed by atoms with Crippen molar-refractivity contribution in [3.05, 3.63) is 64.1 Å². The Labute approximate surface area is 164 Å². The molecule has 28 heavy (non-hydrogen) atoms. The predicted octanol–water partition coefficient (Wildman–Crippen LogP) is 3.00. The van der Waals surface area contributed by atoms with Crippen LogP contribution in [-0.4, -0.2) is 45.5 Å². The lowest BCUT2D eigenvalue weighted by Crippen LogP contribution is -2.23. The zero-order valence-corrected chi connectivity index (χ0v) is 16.9. The van der Waals surface area contributed by atoms with Gasteiger partial charge >= 0.3 is 0 Å². The van der Waals surface area contributed by atoms with Crippen LogP contribution in [0.1, 0.15) is 44.5 Å². The van der Waals surface area contributed by atoms with E-state index in [1.807, 2.05) is 43.4 Å². The Kier molecular flexibility index (Phi) is 4.38. The highest BCUT2D eigenvalue weighted by atomic mass is 16.5. The lowest BCUT2D eigenvalue weighted by atomic mass is 10.0. The number of pyridine rings is 1. The minimum Gasteiger partial charge on any atom is -0.479 e. The number of carbonyl (C=O) groups excluding carboxylic acids is 1. The molecule has 0 saturated carbocycles. The van der Waals surface area contributed by atoms with Gasteiger partial charge in [0.05, 0.1) is 17.4 Å². The number of aliphatic hydroxyl groups is 1. The molecule has 1 aromatic carbocycles. The Morgan fingerprint density at radius 1 is 1.29 bits per heavy atom. The highest BCUT2D eigenvalue weighted by Gasteiger charge is 2.35. The van der Waals surface area contributed by atoms with Crippen LogP contribution in [0.3, 0.4) is 0 Å². The van der Waals surface area contributed by atoms with Crippen LogP contribution in [-0.2, 0) is 6.42 Å². The van der Waals surface area contributed by atoms with Gasteiger partial charge in [0.2, 0.25) is 0 Å². The molecule has 0 bridgehead atoms. The number of amides is 1. The van der Waals surface area contributed by atoms with Crippen molar-refractivity contribution >= 4 is 11.6 Å². The van der Waals surface area contributed by atoms with Crippen molar-refractivity contribution in [2.24, 2.45) is 0 Å². The monoisotopic (exact) mass is 379 g/mol. The molecule has 1 N–H and O–H groups in total. The lowest BCUT2D eigenvalue weighted by molar-refractivity contribution is 0.0498. The second kappa shape index (κ2) is 6.63. The van der Waals surface area contributed by atoms with Crippen molar-refractivity contribution in [3.63, 3.8) is 0 Å². The van der Waals surface area contributed by atoms with Gasteiger partial charge in [0.1, 0.15) is 0 Å². The van der Waals surface area contributed by atoms with E-state index in [9.17, 15) is 9.90 Å². The van der Waals surface area contributed by atoms with E-state index < -0.39 is 12.2 Å². The second-order valence-corrected chi connectivity index (χ2v) is 7.73. The molecule has 1 aliphatic carbocycles. The molecule has 0 spiro atoms. The van der Waals surface area contributed by atoms with Crippen molar-refractivity contribution in [1.82, 2.24) is 14.3 Å². The number of aryl methyl sites for hydroxylation is 3. The fourth-order valence-corrected chi connectivity index (χ4v) is 3.93. The molecule has 146 valence electrons. The number of hydrogen-bond acceptors (Lipinski definition) is 4. The van der Waals surface area contributed by atoms with Crippen LogP contribution in [0.2, 0.25) is 0 Å². The molecule has 2 heterocycles. The summed E-state index contributed by atoms with van der Waals surface area (Å²) in [4.78, 5) is 18.8. The number of hydrogen-bond donors (Lipinski definition) is 1. The van der Waals surface area contributed by atoms with Crippen molar-refractivity contribution in [3.8, 4) is 5.75 Å². The minimum absolute atomic E-state index is 0.110. The topological polar surface area (TPSA) is 67.1 Å². The summed E-state index contributed by atoms with van der Waals surface area (Å²) < 4.78 is 8.23. The first kappa shape index (κ1) is 18.5. The van der Waals surface area contributed by atoms with Gasteiger partial charge in [-0.25, -0.2) is 4.98 Å². The van der Waals surface area contributed by atoms with Gasteiger partial charge in [0, 0.05) is 38.0 Å². The van der Waals surface area contributed by atoms with Gasteiger partial charge in [-0.15, -0.1) is 0 Å². The zero-order valence-electron chi connectivity index (χ0n) is 16.9. The number of aromatic nitrogens is 2. The van der Waals surface area contributed by atoms with Gasteiger partial charge in [-0.2, -0.15) is 0 Å². The zero-order chi connectivity index (χ0) is 20.2. The summed E-state index contributed by atoms with van der Waals surface area (Å²) in [5, 5.41) is 10.7. The summed E-state index contributed by atoms with van der Waals surface area (Å²) in [6.45, 7) is 5.93. The number of ether oxygens (including phenoxy) is 1. The number of fused-ring (bicyclic) bond motifs is 2. The summed E-state index contributed by atoms with van der Waals surface area (Å²) in [6, 6.07) is 7.78. The Balaban J connectivity index is 1.85. The third kappa shape index (κ3) is 2.85. The molecule has 3 aromatic rings. The van der Waals surface area contributed by atoms with Gasteiger partial charge < -0.3 is 19.1 Å². The highest BCUT2D eigenvalue weighted by molar-refractivity contribution is 5.94. The number of carbonyl (C=O) groups is 1. The second-order valence-electron chi connectivity index (χ2n) is 7.73. The van der Waals surface area contributed by atoms with E-state index in [4.69, 9.17) is 4.74 Å². The normalized spacial score (nSPS) is 18.4. The van der Waals surface area contributed by atoms with Crippen molar-refractivity contribution < 1.29 is 14.6 Å². The van der Waals surface area contributed by atoms with Crippen molar-refractivity contribution in [1.29, 1.82) is 0 Å². The summed E-state index contributed by atoms with van der Waals surface area (Å²) in [5.41, 5.74) is 6.22. The first-order valence-electron chi connectivity index (χ1n) is 9.42. The molecule has 0 saturated heterocycles. The predicted molar refractivity (Wildman–Crippen MR) is 107 cm³/mol. The molecule has 0 radical (unpaired) electrons. The smallest absolute Gasteiger partial charge is 0.254 e. The molecule has 4 rings (SSSR count). The van der Waals surface area contributed by atoms with Crippen molar-refractivity contribution in [2.75, 3.05) is 14.1 Å². The molecule has 6 nitrogen and oxygen atoms in total. The quantitative estimate of drug-likeness (QED) is 0.760. The van der Waals surface area contributed by atoms with Crippen LogP contribution >= 0.6 is 0 Å². The van der Waals surface area contributed by atoms with Gasteiger partial charge in [-0.05, 0) is 38.0 Å². The standard InChI is InChI=1S/C22H25N3O3/c1-12-7-6-8-15-9-17(26)20(19(12)15)28-18-10-16(22(27)24(4)5)11-25-14(3)13(2)23-21(18)25/h6-8,10-11,17,20,26H,9H2,1-5H3/t17-,20+/m1/s1. The average Bonchev–Trinajstić information content (AvgIpc) is 3.12. The molecule has 1 aliphatic rings. The summed E-state index contributed by atoms with van der Waals surface area (Å²) in [5.74, 6) is 0.394. The molecular weight excluding hydrogens is 354 g/mol. The minimum atomic E-state index is -0.637. The molecule has 0 aliphatic heterocycles. The largest absolute Gasteiger partial charge is 0.479 e.